The zero-order valence-corrected chi connectivity index (χ0v) is 26.1. The number of aliphatic carboxylic acids is 1. The van der Waals surface area contributed by atoms with Crippen molar-refractivity contribution in [3.05, 3.63) is 47.0 Å². The number of nitrogens with zero attached hydrogens (tertiary/aromatic N) is 2. The molecule has 1 aromatic carbocycles. The molecule has 4 fully saturated rings. The van der Waals surface area contributed by atoms with Gasteiger partial charge in [0.1, 0.15) is 11.7 Å². The minimum Gasteiger partial charge on any atom is -0.480 e. The standard InChI is InChI=1S/C35H46N2O6/c1-21(2)30-12-26-13-33(20-38)29-11-6-22(3)28(29)14-34(26,35(30,33)32(39)40)42-19-27-17-37(18-31(41-5)23(4)43-27)16-25-9-7-24(15-36)8-10-25/h7-10,12,20-23,26-29,31H,6,11,13-14,16-19H2,1-5H3,(H,39,40)/t22-,23-,26+,27-,28-,29-,31+,33+,34+,35+/m1/s1. The van der Waals surface area contributed by atoms with E-state index in [0.717, 1.165) is 30.3 Å². The molecule has 5 aliphatic rings. The molecule has 0 radical (unpaired) electrons. The van der Waals surface area contributed by atoms with Crippen molar-refractivity contribution in [2.45, 2.75) is 83.8 Å². The summed E-state index contributed by atoms with van der Waals surface area (Å²) in [6, 6.07) is 9.80. The number of carbonyl (C=O) groups is 2. The van der Waals surface area contributed by atoms with Crippen LogP contribution < -0.4 is 0 Å². The van der Waals surface area contributed by atoms with E-state index >= 15 is 0 Å². The lowest BCUT2D eigenvalue weighted by Gasteiger charge is -2.58. The fraction of sp³-hybridized carbons (Fsp3) is 0.686. The Balaban J connectivity index is 1.32. The van der Waals surface area contributed by atoms with Gasteiger partial charge >= 0.3 is 5.97 Å². The molecule has 1 heterocycles. The smallest absolute Gasteiger partial charge is 0.317 e. The SMILES string of the molecule is CO[C@H]1CN(Cc2ccc(C#N)cc2)C[C@H](CO[C@@]23C[C@@H]4[C@H](C)CC[C@H]4[C@@]4(C=O)C[C@@H]2C=C(C(C)C)[C@@]34C(=O)O)O[C@@H]1C. The number of fused-ring (bicyclic) bond motifs is 2. The van der Waals surface area contributed by atoms with Crippen LogP contribution >= 0.6 is 0 Å². The molecule has 0 aromatic heterocycles. The van der Waals surface area contributed by atoms with Gasteiger partial charge in [-0.1, -0.05) is 51.0 Å². The second kappa shape index (κ2) is 11.1. The number of benzene rings is 1. The first-order valence-electron chi connectivity index (χ1n) is 16.0. The summed E-state index contributed by atoms with van der Waals surface area (Å²) in [5.41, 5.74) is -0.696. The lowest BCUT2D eigenvalue weighted by atomic mass is 9.45. The Morgan fingerprint density at radius 2 is 1.95 bits per heavy atom. The number of carbonyl (C=O) groups excluding carboxylic acids is 1. The Bertz CT molecular complexity index is 1320. The number of hydrogen-bond donors (Lipinski definition) is 1. The van der Waals surface area contributed by atoms with Gasteiger partial charge in [0, 0.05) is 32.7 Å². The zero-order chi connectivity index (χ0) is 30.7. The number of ether oxygens (including phenoxy) is 3. The van der Waals surface area contributed by atoms with Gasteiger partial charge in [-0.15, -0.1) is 0 Å². The molecule has 1 aromatic rings. The lowest BCUT2D eigenvalue weighted by molar-refractivity contribution is -0.218. The molecular formula is C35H46N2O6. The normalized spacial score (nSPS) is 41.9. The third kappa shape index (κ3) is 4.29. The van der Waals surface area contributed by atoms with E-state index in [0.29, 0.717) is 44.0 Å². The van der Waals surface area contributed by atoms with Gasteiger partial charge in [-0.3, -0.25) is 9.69 Å². The summed E-state index contributed by atoms with van der Waals surface area (Å²) in [5, 5.41) is 20.4. The van der Waals surface area contributed by atoms with Gasteiger partial charge in [0.05, 0.1) is 47.6 Å². The average molecular weight is 591 g/mol. The van der Waals surface area contributed by atoms with Gasteiger partial charge in [-0.2, -0.15) is 5.26 Å². The Kier molecular flexibility index (Phi) is 7.86. The summed E-state index contributed by atoms with van der Waals surface area (Å²) in [4.78, 5) is 29.3. The average Bonchev–Trinajstić information content (AvgIpc) is 3.51. The number of nitriles is 1. The van der Waals surface area contributed by atoms with Crippen molar-refractivity contribution in [2.75, 3.05) is 26.8 Å². The Morgan fingerprint density at radius 3 is 2.58 bits per heavy atom. The summed E-state index contributed by atoms with van der Waals surface area (Å²) in [6.07, 6.45) is 5.72. The third-order valence-corrected chi connectivity index (χ3v) is 12.0. The van der Waals surface area contributed by atoms with E-state index < -0.39 is 22.4 Å². The van der Waals surface area contributed by atoms with Crippen molar-refractivity contribution in [1.29, 1.82) is 5.26 Å². The number of rotatable bonds is 9. The summed E-state index contributed by atoms with van der Waals surface area (Å²) < 4.78 is 19.5. The highest BCUT2D eigenvalue weighted by molar-refractivity contribution is 5.91. The maximum atomic E-state index is 13.7. The largest absolute Gasteiger partial charge is 0.480 e. The minimum absolute atomic E-state index is 0.00129. The summed E-state index contributed by atoms with van der Waals surface area (Å²) in [6.45, 7) is 10.6. The van der Waals surface area contributed by atoms with Crippen molar-refractivity contribution in [1.82, 2.24) is 4.90 Å². The van der Waals surface area contributed by atoms with Crippen LogP contribution in [-0.2, 0) is 30.3 Å². The topological polar surface area (TPSA) is 109 Å². The number of methoxy groups -OCH3 is 1. The van der Waals surface area contributed by atoms with Crippen LogP contribution in [0.3, 0.4) is 0 Å². The molecule has 0 unspecified atom stereocenters. The van der Waals surface area contributed by atoms with E-state index in [9.17, 15) is 20.0 Å². The van der Waals surface area contributed by atoms with Crippen LogP contribution in [-0.4, -0.2) is 73.0 Å². The van der Waals surface area contributed by atoms with Gasteiger partial charge in [0.2, 0.25) is 0 Å². The van der Waals surface area contributed by atoms with Gasteiger partial charge in [-0.05, 0) is 67.6 Å². The highest BCUT2D eigenvalue weighted by atomic mass is 16.6. The van der Waals surface area contributed by atoms with E-state index in [4.69, 9.17) is 14.2 Å². The third-order valence-electron chi connectivity index (χ3n) is 12.0. The first-order chi connectivity index (χ1) is 20.6. The van der Waals surface area contributed by atoms with E-state index in [1.54, 1.807) is 7.11 Å². The van der Waals surface area contributed by atoms with E-state index in [1.165, 1.54) is 0 Å². The van der Waals surface area contributed by atoms with Crippen molar-refractivity contribution in [2.24, 2.45) is 40.4 Å². The second-order valence-electron chi connectivity index (χ2n) is 14.3. The predicted octanol–water partition coefficient (Wildman–Crippen LogP) is 4.86. The highest BCUT2D eigenvalue weighted by Crippen LogP contribution is 2.80. The highest BCUT2D eigenvalue weighted by Gasteiger charge is 2.85. The van der Waals surface area contributed by atoms with Gasteiger partial charge < -0.3 is 24.1 Å². The summed E-state index contributed by atoms with van der Waals surface area (Å²) in [7, 11) is 1.70. The molecule has 8 heteroatoms. The molecular weight excluding hydrogens is 544 g/mol. The molecule has 0 spiro atoms. The van der Waals surface area contributed by atoms with Crippen LogP contribution in [0.25, 0.3) is 0 Å². The van der Waals surface area contributed by atoms with Gasteiger partial charge in [0.25, 0.3) is 0 Å². The molecule has 0 amide bonds. The predicted molar refractivity (Wildman–Crippen MR) is 160 cm³/mol. The molecule has 3 saturated carbocycles. The maximum absolute atomic E-state index is 13.7. The van der Waals surface area contributed by atoms with Crippen LogP contribution in [0.4, 0.5) is 0 Å². The molecule has 4 bridgehead atoms. The number of hydrogen-bond acceptors (Lipinski definition) is 7. The molecule has 4 aliphatic carbocycles. The monoisotopic (exact) mass is 590 g/mol. The molecule has 232 valence electrons. The molecule has 1 aliphatic heterocycles. The number of carboxylic acid groups (broad SMARTS) is 1. The fourth-order valence-electron chi connectivity index (χ4n) is 10.2. The first kappa shape index (κ1) is 30.5. The van der Waals surface area contributed by atoms with Crippen molar-refractivity contribution < 1.29 is 28.9 Å². The first-order valence-corrected chi connectivity index (χ1v) is 16.0. The molecule has 43 heavy (non-hydrogen) atoms. The fourth-order valence-corrected chi connectivity index (χ4v) is 10.2. The van der Waals surface area contributed by atoms with Crippen LogP contribution in [0, 0.1) is 51.8 Å². The zero-order valence-electron chi connectivity index (χ0n) is 26.1. The quantitative estimate of drug-likeness (QED) is 0.321. The minimum atomic E-state index is -1.36. The Labute approximate surface area is 255 Å². The van der Waals surface area contributed by atoms with Crippen molar-refractivity contribution in [3.63, 3.8) is 0 Å². The summed E-state index contributed by atoms with van der Waals surface area (Å²) in [5.74, 6) is -0.262. The second-order valence-corrected chi connectivity index (χ2v) is 14.3. The Hall–Kier alpha value is -2.57. The van der Waals surface area contributed by atoms with Gasteiger partial charge in [-0.25, -0.2) is 0 Å². The van der Waals surface area contributed by atoms with Crippen molar-refractivity contribution >= 4 is 12.3 Å². The van der Waals surface area contributed by atoms with Crippen molar-refractivity contribution in [3.8, 4) is 6.07 Å². The molecule has 10 atom stereocenters. The number of aldehydes is 1. The molecule has 1 N–H and O–H groups in total. The number of carboxylic acids is 1. The van der Waals surface area contributed by atoms with Crippen LogP contribution in [0.15, 0.2) is 35.9 Å². The maximum Gasteiger partial charge on any atom is 0.317 e. The molecule has 6 rings (SSSR count). The van der Waals surface area contributed by atoms with E-state index in [1.807, 2.05) is 31.2 Å². The summed E-state index contributed by atoms with van der Waals surface area (Å²) >= 11 is 0. The van der Waals surface area contributed by atoms with E-state index in [2.05, 4.69) is 37.8 Å². The van der Waals surface area contributed by atoms with Crippen LogP contribution in [0.1, 0.15) is 64.5 Å². The molecule has 8 nitrogen and oxygen atoms in total. The molecule has 1 saturated heterocycles. The lowest BCUT2D eigenvalue weighted by Crippen LogP contribution is -2.66. The Morgan fingerprint density at radius 1 is 1.21 bits per heavy atom. The van der Waals surface area contributed by atoms with Crippen LogP contribution in [0.2, 0.25) is 0 Å². The van der Waals surface area contributed by atoms with Crippen LogP contribution in [0.5, 0.6) is 0 Å². The van der Waals surface area contributed by atoms with E-state index in [-0.39, 0.29) is 48.6 Å². The van der Waals surface area contributed by atoms with Gasteiger partial charge in [0.15, 0.2) is 0 Å².